The van der Waals surface area contributed by atoms with Crippen LogP contribution in [0.5, 0.6) is 5.75 Å². The van der Waals surface area contributed by atoms with E-state index in [2.05, 4.69) is 15.4 Å². The van der Waals surface area contributed by atoms with E-state index in [1.807, 2.05) is 26.8 Å². The molecule has 1 atom stereocenters. The van der Waals surface area contributed by atoms with Crippen molar-refractivity contribution in [3.05, 3.63) is 82.3 Å². The van der Waals surface area contributed by atoms with E-state index in [0.29, 0.717) is 39.2 Å². The van der Waals surface area contributed by atoms with Gasteiger partial charge < -0.3 is 14.8 Å². The van der Waals surface area contributed by atoms with Gasteiger partial charge in [-0.1, -0.05) is 23.7 Å². The Balaban J connectivity index is 1.63. The number of pyridine rings is 1. The summed E-state index contributed by atoms with van der Waals surface area (Å²) in [5.74, 6) is -0.847. The molecule has 10 heteroatoms. The van der Waals surface area contributed by atoms with Gasteiger partial charge in [0.25, 0.3) is 0 Å². The van der Waals surface area contributed by atoms with E-state index in [9.17, 15) is 13.6 Å². The first-order chi connectivity index (χ1) is 17.6. The minimum Gasteiger partial charge on any atom is -0.487 e. The summed E-state index contributed by atoms with van der Waals surface area (Å²) in [4.78, 5) is 16.9. The average Bonchev–Trinajstić information content (AvgIpc) is 3.27. The third-order valence-electron chi connectivity index (χ3n) is 5.67. The van der Waals surface area contributed by atoms with Crippen molar-refractivity contribution in [3.8, 4) is 11.4 Å². The highest BCUT2D eigenvalue weighted by molar-refractivity contribution is 6.31. The summed E-state index contributed by atoms with van der Waals surface area (Å²) in [6, 6.07) is 9.18. The number of fused-ring (bicyclic) bond motifs is 1. The zero-order valence-corrected chi connectivity index (χ0v) is 21.6. The molecule has 37 heavy (non-hydrogen) atoms. The van der Waals surface area contributed by atoms with Crippen molar-refractivity contribution in [2.75, 3.05) is 6.61 Å². The van der Waals surface area contributed by atoms with E-state index >= 15 is 0 Å². The van der Waals surface area contributed by atoms with Crippen molar-refractivity contribution < 1.29 is 23.0 Å². The number of benzene rings is 2. The Hall–Kier alpha value is -3.56. The van der Waals surface area contributed by atoms with Crippen LogP contribution in [0.15, 0.2) is 48.8 Å². The molecular weight excluding hydrogens is 502 g/mol. The third kappa shape index (κ3) is 6.23. The van der Waals surface area contributed by atoms with Crippen LogP contribution in [0, 0.1) is 18.6 Å². The normalized spacial score (nSPS) is 12.2. The van der Waals surface area contributed by atoms with Gasteiger partial charge in [-0.2, -0.15) is 5.10 Å². The fraction of sp³-hybridized carbons (Fsp3) is 0.296. The Kier molecular flexibility index (Phi) is 8.04. The van der Waals surface area contributed by atoms with Gasteiger partial charge in [0.2, 0.25) is 5.91 Å². The van der Waals surface area contributed by atoms with Gasteiger partial charge in [0.05, 0.1) is 35.2 Å². The van der Waals surface area contributed by atoms with Crippen LogP contribution < -0.4 is 10.1 Å². The molecule has 0 unspecified atom stereocenters. The van der Waals surface area contributed by atoms with Crippen molar-refractivity contribution in [2.24, 2.45) is 0 Å². The van der Waals surface area contributed by atoms with Crippen LogP contribution in [-0.2, 0) is 16.1 Å². The van der Waals surface area contributed by atoms with Crippen molar-refractivity contribution in [1.82, 2.24) is 20.1 Å². The number of halogens is 3. The van der Waals surface area contributed by atoms with Crippen LogP contribution in [0.4, 0.5) is 8.78 Å². The Bertz CT molecular complexity index is 1440. The summed E-state index contributed by atoms with van der Waals surface area (Å²) in [6.07, 6.45) is 2.32. The number of nitrogens with one attached hydrogen (secondary N) is 1. The molecule has 0 saturated carbocycles. The highest BCUT2D eigenvalue weighted by atomic mass is 35.5. The van der Waals surface area contributed by atoms with Crippen molar-refractivity contribution >= 4 is 28.4 Å². The SMILES string of the molecule is Cc1cc(-n2cc(F)cn2)c2cccc(OCc3c(Cl)cc(F)cc3[C@H](C)NC(=O)COC(C)C)c2n1. The lowest BCUT2D eigenvalue weighted by Gasteiger charge is -2.20. The number of amides is 1. The lowest BCUT2D eigenvalue weighted by atomic mass is 10.0. The molecule has 2 aromatic carbocycles. The average molecular weight is 529 g/mol. The van der Waals surface area contributed by atoms with Crippen molar-refractivity contribution in [1.29, 1.82) is 0 Å². The summed E-state index contributed by atoms with van der Waals surface area (Å²) >= 11 is 6.42. The first-order valence-corrected chi connectivity index (χ1v) is 12.1. The summed E-state index contributed by atoms with van der Waals surface area (Å²) in [7, 11) is 0. The number of rotatable bonds is 9. The molecule has 0 aliphatic carbocycles. The molecule has 1 N–H and O–H groups in total. The van der Waals surface area contributed by atoms with Gasteiger partial charge in [0, 0.05) is 16.6 Å². The minimum atomic E-state index is -0.552. The second-order valence-corrected chi connectivity index (χ2v) is 9.34. The summed E-state index contributed by atoms with van der Waals surface area (Å²) in [5.41, 5.74) is 2.91. The Labute approximate surface area is 218 Å². The molecule has 0 bridgehead atoms. The maximum Gasteiger partial charge on any atom is 0.246 e. The maximum absolute atomic E-state index is 14.3. The molecule has 1 amide bonds. The van der Waals surface area contributed by atoms with Crippen molar-refractivity contribution in [2.45, 2.75) is 46.4 Å². The fourth-order valence-electron chi connectivity index (χ4n) is 3.98. The Morgan fingerprint density at radius 3 is 2.65 bits per heavy atom. The first kappa shape index (κ1) is 26.5. The third-order valence-corrected chi connectivity index (χ3v) is 6.00. The van der Waals surface area contributed by atoms with Gasteiger partial charge in [-0.15, -0.1) is 0 Å². The number of aromatic nitrogens is 3. The largest absolute Gasteiger partial charge is 0.487 e. The molecule has 2 aromatic heterocycles. The molecule has 4 aromatic rings. The number of carbonyl (C=O) groups is 1. The van der Waals surface area contributed by atoms with Gasteiger partial charge in [0.15, 0.2) is 5.82 Å². The molecule has 2 heterocycles. The lowest BCUT2D eigenvalue weighted by Crippen LogP contribution is -2.31. The second kappa shape index (κ2) is 11.2. The number of hydrogen-bond acceptors (Lipinski definition) is 5. The van der Waals surface area contributed by atoms with E-state index in [-0.39, 0.29) is 30.2 Å². The highest BCUT2D eigenvalue weighted by Gasteiger charge is 2.19. The molecule has 194 valence electrons. The second-order valence-electron chi connectivity index (χ2n) is 8.93. The highest BCUT2D eigenvalue weighted by Crippen LogP contribution is 2.32. The standard InChI is InChI=1S/C27H27ClF2N4O3/c1-15(2)36-14-26(35)33-17(4)21-9-18(29)10-23(28)22(21)13-37-25-7-5-6-20-24(8-16(3)32-27(20)25)34-12-19(30)11-31-34/h5-12,15,17H,13-14H2,1-4H3,(H,33,35)/t17-/m0/s1. The zero-order chi connectivity index (χ0) is 26.7. The van der Waals surface area contributed by atoms with E-state index in [4.69, 9.17) is 21.1 Å². The molecule has 0 saturated heterocycles. The summed E-state index contributed by atoms with van der Waals surface area (Å²) < 4.78 is 40.8. The van der Waals surface area contributed by atoms with Gasteiger partial charge in [-0.25, -0.2) is 18.4 Å². The van der Waals surface area contributed by atoms with Crippen LogP contribution in [0.25, 0.3) is 16.6 Å². The van der Waals surface area contributed by atoms with Crippen LogP contribution in [0.1, 0.15) is 43.6 Å². The number of para-hydroxylation sites is 1. The monoisotopic (exact) mass is 528 g/mol. The molecule has 0 fully saturated rings. The number of hydrogen-bond donors (Lipinski definition) is 1. The fourth-order valence-corrected chi connectivity index (χ4v) is 4.25. The topological polar surface area (TPSA) is 78.3 Å². The molecular formula is C27H27ClF2N4O3. The minimum absolute atomic E-state index is 0.00236. The van der Waals surface area contributed by atoms with E-state index in [1.54, 1.807) is 25.1 Å². The lowest BCUT2D eigenvalue weighted by molar-refractivity contribution is -0.127. The van der Waals surface area contributed by atoms with E-state index in [0.717, 1.165) is 6.20 Å². The van der Waals surface area contributed by atoms with Crippen molar-refractivity contribution in [3.63, 3.8) is 0 Å². The maximum atomic E-state index is 14.3. The summed E-state index contributed by atoms with van der Waals surface area (Å²) in [6.45, 7) is 7.11. The van der Waals surface area contributed by atoms with Crippen LogP contribution in [-0.4, -0.2) is 33.4 Å². The number of nitrogens with zero attached hydrogens (tertiary/aromatic N) is 3. The molecule has 4 rings (SSSR count). The number of ether oxygens (including phenoxy) is 2. The van der Waals surface area contributed by atoms with E-state index in [1.165, 1.54) is 23.0 Å². The number of aryl methyl sites for hydroxylation is 1. The predicted molar refractivity (Wildman–Crippen MR) is 137 cm³/mol. The van der Waals surface area contributed by atoms with Crippen LogP contribution >= 0.6 is 11.6 Å². The quantitative estimate of drug-likeness (QED) is 0.295. The van der Waals surface area contributed by atoms with Gasteiger partial charge in [0.1, 0.15) is 30.3 Å². The smallest absolute Gasteiger partial charge is 0.246 e. The number of carbonyl (C=O) groups excluding carboxylic acids is 1. The molecule has 0 radical (unpaired) electrons. The predicted octanol–water partition coefficient (Wildman–Crippen LogP) is 5.84. The van der Waals surface area contributed by atoms with Crippen LogP contribution in [0.3, 0.4) is 0 Å². The molecule has 7 nitrogen and oxygen atoms in total. The molecule has 0 aliphatic rings. The molecule has 0 spiro atoms. The van der Waals surface area contributed by atoms with Gasteiger partial charge in [-0.3, -0.25) is 4.79 Å². The Morgan fingerprint density at radius 2 is 1.95 bits per heavy atom. The zero-order valence-electron chi connectivity index (χ0n) is 20.9. The van der Waals surface area contributed by atoms with Crippen LogP contribution in [0.2, 0.25) is 5.02 Å². The van der Waals surface area contributed by atoms with E-state index < -0.39 is 17.7 Å². The summed E-state index contributed by atoms with van der Waals surface area (Å²) in [5, 5.41) is 7.77. The first-order valence-electron chi connectivity index (χ1n) is 11.7. The Morgan fingerprint density at radius 1 is 1.16 bits per heavy atom. The van der Waals surface area contributed by atoms with Gasteiger partial charge >= 0.3 is 0 Å². The molecule has 0 aliphatic heterocycles. The van der Waals surface area contributed by atoms with Gasteiger partial charge in [-0.05, 0) is 57.5 Å².